The molecule has 0 bridgehead atoms. The normalized spacial score (nSPS) is 14.7. The molecule has 0 saturated heterocycles. The van der Waals surface area contributed by atoms with Gasteiger partial charge in [-0.1, -0.05) is 36.4 Å². The van der Waals surface area contributed by atoms with Crippen molar-refractivity contribution in [1.82, 2.24) is 0 Å². The van der Waals surface area contributed by atoms with Gasteiger partial charge in [-0.3, -0.25) is 24.5 Å². The van der Waals surface area contributed by atoms with Gasteiger partial charge in [-0.2, -0.15) is 0 Å². The van der Waals surface area contributed by atoms with E-state index < -0.39 is 22.4 Å². The lowest BCUT2D eigenvalue weighted by atomic mass is 9.77. The van der Waals surface area contributed by atoms with E-state index in [4.69, 9.17) is 0 Å². The second-order valence-corrected chi connectivity index (χ2v) is 6.27. The second kappa shape index (κ2) is 6.95. The Kier molecular flexibility index (Phi) is 4.68. The van der Waals surface area contributed by atoms with Gasteiger partial charge in [0, 0.05) is 35.6 Å². The summed E-state index contributed by atoms with van der Waals surface area (Å²) in [7, 11) is 0. The van der Waals surface area contributed by atoms with Gasteiger partial charge in [0.1, 0.15) is 11.5 Å². The summed E-state index contributed by atoms with van der Waals surface area (Å²) in [6, 6.07) is 11.5. The van der Waals surface area contributed by atoms with Gasteiger partial charge in [0.15, 0.2) is 0 Å². The van der Waals surface area contributed by atoms with Crippen molar-refractivity contribution in [2.45, 2.75) is 19.3 Å². The number of nitrogens with zero attached hydrogens (tertiary/aromatic N) is 1. The van der Waals surface area contributed by atoms with Crippen LogP contribution in [0.15, 0.2) is 54.1 Å². The van der Waals surface area contributed by atoms with E-state index in [0.29, 0.717) is 5.56 Å². The first-order valence-corrected chi connectivity index (χ1v) is 8.16. The minimum Gasteiger partial charge on any atom is -0.507 e. The van der Waals surface area contributed by atoms with E-state index in [-0.39, 0.29) is 40.4 Å². The number of aliphatic hydroxyl groups is 1. The van der Waals surface area contributed by atoms with Crippen LogP contribution in [0.3, 0.4) is 0 Å². The average molecular weight is 365 g/mol. The Hall–Kier alpha value is -3.61. The van der Waals surface area contributed by atoms with Gasteiger partial charge in [0.05, 0.1) is 10.5 Å². The summed E-state index contributed by atoms with van der Waals surface area (Å²) in [6.45, 7) is 1.33. The molecule has 0 amide bonds. The summed E-state index contributed by atoms with van der Waals surface area (Å²) in [5.74, 6) is -3.12. The highest BCUT2D eigenvalue weighted by Gasteiger charge is 2.37. The Morgan fingerprint density at radius 3 is 2.19 bits per heavy atom. The number of carbonyl (C=O) groups excluding carboxylic acids is 3. The summed E-state index contributed by atoms with van der Waals surface area (Å²) < 4.78 is 0. The number of rotatable bonds is 5. The Bertz CT molecular complexity index is 1000. The second-order valence-electron chi connectivity index (χ2n) is 6.27. The molecule has 7 heteroatoms. The Morgan fingerprint density at radius 1 is 1.04 bits per heavy atom. The van der Waals surface area contributed by atoms with Crippen LogP contribution in [-0.4, -0.2) is 27.4 Å². The highest BCUT2D eigenvalue weighted by molar-refractivity contribution is 6.52. The number of Topliss-reactive ketones (excluding diaryl/α,β-unsaturated/α-hetero) is 3. The van der Waals surface area contributed by atoms with Crippen LogP contribution >= 0.6 is 0 Å². The largest absolute Gasteiger partial charge is 0.507 e. The third-order valence-corrected chi connectivity index (χ3v) is 4.48. The molecule has 2 aromatic carbocycles. The van der Waals surface area contributed by atoms with Crippen molar-refractivity contribution in [3.05, 3.63) is 80.9 Å². The number of ketones is 3. The molecule has 0 aliphatic heterocycles. The summed E-state index contributed by atoms with van der Waals surface area (Å²) in [5, 5.41) is 21.5. The minimum atomic E-state index is -0.881. The van der Waals surface area contributed by atoms with Gasteiger partial charge >= 0.3 is 0 Å². The fourth-order valence-corrected chi connectivity index (χ4v) is 3.21. The molecule has 2 aromatic rings. The zero-order valence-corrected chi connectivity index (χ0v) is 14.3. The third-order valence-electron chi connectivity index (χ3n) is 4.48. The molecule has 0 spiro atoms. The fraction of sp³-hybridized carbons (Fsp3) is 0.150. The van der Waals surface area contributed by atoms with E-state index in [2.05, 4.69) is 0 Å². The van der Waals surface area contributed by atoms with Crippen molar-refractivity contribution in [2.24, 2.45) is 0 Å². The standard InChI is InChI=1S/C20H15NO6/c1-11(22)10-16(12-6-8-13(9-7-12)21(26)27)17-18(23)14-4-2-3-5-15(14)19(24)20(17)25/h2-9,16,23H,10H2,1H3/t16-/m0/s1. The molecular formula is C20H15NO6. The van der Waals surface area contributed by atoms with E-state index >= 15 is 0 Å². The van der Waals surface area contributed by atoms with E-state index in [1.165, 1.54) is 43.3 Å². The molecule has 1 aliphatic carbocycles. The molecule has 1 atom stereocenters. The maximum Gasteiger partial charge on any atom is 0.269 e. The van der Waals surface area contributed by atoms with Crippen molar-refractivity contribution in [1.29, 1.82) is 0 Å². The number of benzene rings is 2. The quantitative estimate of drug-likeness (QED) is 0.493. The van der Waals surface area contributed by atoms with Crippen LogP contribution in [0.1, 0.15) is 40.7 Å². The molecule has 0 aromatic heterocycles. The molecule has 1 N–H and O–H groups in total. The third kappa shape index (κ3) is 3.27. The predicted octanol–water partition coefficient (Wildman–Crippen LogP) is 3.39. The average Bonchev–Trinajstić information content (AvgIpc) is 2.65. The fourth-order valence-electron chi connectivity index (χ4n) is 3.21. The number of allylic oxidation sites excluding steroid dienone is 1. The topological polar surface area (TPSA) is 115 Å². The lowest BCUT2D eigenvalue weighted by molar-refractivity contribution is -0.384. The van der Waals surface area contributed by atoms with Crippen molar-refractivity contribution in [3.8, 4) is 0 Å². The number of fused-ring (bicyclic) bond motifs is 1. The number of nitro benzene ring substituents is 1. The Labute approximate surface area is 154 Å². The van der Waals surface area contributed by atoms with E-state index in [0.717, 1.165) is 0 Å². The van der Waals surface area contributed by atoms with Crippen LogP contribution in [0.25, 0.3) is 5.76 Å². The molecule has 27 heavy (non-hydrogen) atoms. The molecule has 7 nitrogen and oxygen atoms in total. The van der Waals surface area contributed by atoms with Crippen molar-refractivity contribution in [2.75, 3.05) is 0 Å². The molecular weight excluding hydrogens is 350 g/mol. The highest BCUT2D eigenvalue weighted by atomic mass is 16.6. The van der Waals surface area contributed by atoms with Crippen LogP contribution in [0.5, 0.6) is 0 Å². The monoisotopic (exact) mass is 365 g/mol. The summed E-state index contributed by atoms with van der Waals surface area (Å²) >= 11 is 0. The van der Waals surface area contributed by atoms with E-state index in [9.17, 15) is 29.6 Å². The van der Waals surface area contributed by atoms with Crippen LogP contribution < -0.4 is 0 Å². The Morgan fingerprint density at radius 2 is 1.63 bits per heavy atom. The van der Waals surface area contributed by atoms with Crippen LogP contribution in [0.2, 0.25) is 0 Å². The molecule has 136 valence electrons. The smallest absolute Gasteiger partial charge is 0.269 e. The Balaban J connectivity index is 2.17. The lowest BCUT2D eigenvalue weighted by Crippen LogP contribution is -2.28. The van der Waals surface area contributed by atoms with Gasteiger partial charge in [0.2, 0.25) is 11.6 Å². The zero-order chi connectivity index (χ0) is 19.7. The number of nitro groups is 1. The van der Waals surface area contributed by atoms with Gasteiger partial charge in [-0.25, -0.2) is 0 Å². The zero-order valence-electron chi connectivity index (χ0n) is 14.3. The van der Waals surface area contributed by atoms with Crippen molar-refractivity contribution >= 4 is 28.8 Å². The lowest BCUT2D eigenvalue weighted by Gasteiger charge is -2.24. The first kappa shape index (κ1) is 18.2. The highest BCUT2D eigenvalue weighted by Crippen LogP contribution is 2.38. The van der Waals surface area contributed by atoms with Gasteiger partial charge in [0.25, 0.3) is 5.69 Å². The maximum atomic E-state index is 12.7. The number of hydrogen-bond donors (Lipinski definition) is 1. The minimum absolute atomic E-state index is 0.106. The number of hydrogen-bond acceptors (Lipinski definition) is 6. The summed E-state index contributed by atoms with van der Waals surface area (Å²) in [6.07, 6.45) is -0.127. The molecule has 3 rings (SSSR count). The van der Waals surface area contributed by atoms with Crippen LogP contribution in [-0.2, 0) is 9.59 Å². The molecule has 0 heterocycles. The molecule has 0 saturated carbocycles. The summed E-state index contributed by atoms with van der Waals surface area (Å²) in [5.41, 5.74) is 0.456. The number of non-ortho nitro benzene ring substituents is 1. The predicted molar refractivity (Wildman–Crippen MR) is 96.5 cm³/mol. The van der Waals surface area contributed by atoms with Gasteiger partial charge < -0.3 is 5.11 Å². The number of carbonyl (C=O) groups is 3. The van der Waals surface area contributed by atoms with Crippen LogP contribution in [0, 0.1) is 10.1 Å². The van der Waals surface area contributed by atoms with Crippen LogP contribution in [0.4, 0.5) is 5.69 Å². The maximum absolute atomic E-state index is 12.7. The first-order valence-electron chi connectivity index (χ1n) is 8.16. The summed E-state index contributed by atoms with van der Waals surface area (Å²) in [4.78, 5) is 47.2. The SMILES string of the molecule is CC(=O)C[C@H](C1=C(O)c2ccccc2C(=O)C1=O)c1ccc([N+](=O)[O-])cc1. The molecule has 0 unspecified atom stereocenters. The van der Waals surface area contributed by atoms with Crippen molar-refractivity contribution < 1.29 is 24.4 Å². The molecule has 1 aliphatic rings. The van der Waals surface area contributed by atoms with E-state index in [1.54, 1.807) is 12.1 Å². The molecule has 0 radical (unpaired) electrons. The van der Waals surface area contributed by atoms with E-state index in [1.807, 2.05) is 0 Å². The van der Waals surface area contributed by atoms with Crippen molar-refractivity contribution in [3.63, 3.8) is 0 Å². The number of aliphatic hydroxyl groups excluding tert-OH is 1. The first-order chi connectivity index (χ1) is 12.8. The van der Waals surface area contributed by atoms with Gasteiger partial charge in [-0.05, 0) is 12.5 Å². The van der Waals surface area contributed by atoms with Gasteiger partial charge in [-0.15, -0.1) is 0 Å². The molecule has 0 fully saturated rings.